The zero-order chi connectivity index (χ0) is 13.9. The Morgan fingerprint density at radius 3 is 1.80 bits per heavy atom. The van der Waals surface area contributed by atoms with Gasteiger partial charge in [0, 0.05) is 11.9 Å². The molecule has 1 aromatic heterocycles. The summed E-state index contributed by atoms with van der Waals surface area (Å²) in [6.07, 6.45) is 2.08. The van der Waals surface area contributed by atoms with Gasteiger partial charge in [-0.1, -0.05) is 60.7 Å². The second kappa shape index (κ2) is 5.47. The summed E-state index contributed by atoms with van der Waals surface area (Å²) in [5, 5.41) is 0. The number of nitrogens with zero attached hydrogens (tertiary/aromatic N) is 1. The molecule has 0 aliphatic heterocycles. The van der Waals surface area contributed by atoms with Crippen molar-refractivity contribution in [2.75, 3.05) is 0 Å². The molecular formula is C17H16N2S. The van der Waals surface area contributed by atoms with Crippen LogP contribution < -0.4 is 0 Å². The number of hydrogen-bond donors (Lipinski definition) is 1. The largest absolute Gasteiger partial charge is 0.335 e. The van der Waals surface area contributed by atoms with Gasteiger partial charge in [-0.2, -0.15) is 0 Å². The van der Waals surface area contributed by atoms with Crippen LogP contribution in [0.25, 0.3) is 0 Å². The molecule has 3 rings (SSSR count). The fourth-order valence-corrected chi connectivity index (χ4v) is 2.83. The van der Waals surface area contributed by atoms with Gasteiger partial charge in [-0.3, -0.25) is 0 Å². The van der Waals surface area contributed by atoms with E-state index in [-0.39, 0.29) is 6.04 Å². The Hall–Kier alpha value is -2.13. The Balaban J connectivity index is 2.19. The number of imidazole rings is 1. The molecule has 0 saturated heterocycles. The lowest BCUT2D eigenvalue weighted by molar-refractivity contribution is 0.667. The van der Waals surface area contributed by atoms with Gasteiger partial charge in [0.1, 0.15) is 0 Å². The van der Waals surface area contributed by atoms with Crippen LogP contribution in [-0.2, 0) is 0 Å². The van der Waals surface area contributed by atoms with Crippen molar-refractivity contribution in [3.8, 4) is 0 Å². The van der Waals surface area contributed by atoms with E-state index in [0.29, 0.717) is 0 Å². The molecule has 3 heteroatoms. The molecule has 0 spiro atoms. The van der Waals surface area contributed by atoms with Crippen LogP contribution in [0.5, 0.6) is 0 Å². The molecular weight excluding hydrogens is 264 g/mol. The summed E-state index contributed by atoms with van der Waals surface area (Å²) >= 11 is 5.46. The van der Waals surface area contributed by atoms with Crippen molar-refractivity contribution in [3.63, 3.8) is 0 Å². The van der Waals surface area contributed by atoms with Gasteiger partial charge in [0.15, 0.2) is 4.77 Å². The van der Waals surface area contributed by atoms with E-state index in [0.717, 1.165) is 10.5 Å². The predicted molar refractivity (Wildman–Crippen MR) is 84.5 cm³/mol. The normalized spacial score (nSPS) is 10.9. The number of aromatic nitrogens is 2. The molecule has 0 bridgehead atoms. The van der Waals surface area contributed by atoms with E-state index in [4.69, 9.17) is 12.2 Å². The molecule has 0 aliphatic rings. The van der Waals surface area contributed by atoms with E-state index in [9.17, 15) is 0 Å². The van der Waals surface area contributed by atoms with Crippen LogP contribution in [0.1, 0.15) is 22.9 Å². The molecule has 0 fully saturated rings. The quantitative estimate of drug-likeness (QED) is 0.701. The maximum atomic E-state index is 5.46. The summed E-state index contributed by atoms with van der Waals surface area (Å²) in [4.78, 5) is 3.21. The van der Waals surface area contributed by atoms with Gasteiger partial charge < -0.3 is 9.55 Å². The molecule has 0 atom stereocenters. The van der Waals surface area contributed by atoms with E-state index in [1.807, 2.05) is 19.1 Å². The second-order valence-electron chi connectivity index (χ2n) is 4.87. The topological polar surface area (TPSA) is 20.7 Å². The predicted octanol–water partition coefficient (Wildman–Crippen LogP) is 4.49. The van der Waals surface area contributed by atoms with Gasteiger partial charge in [-0.25, -0.2) is 0 Å². The number of aromatic amines is 1. The Bertz CT molecular complexity index is 702. The lowest BCUT2D eigenvalue weighted by atomic mass is 9.99. The van der Waals surface area contributed by atoms with Gasteiger partial charge in [0.2, 0.25) is 0 Å². The summed E-state index contributed by atoms with van der Waals surface area (Å²) in [5.41, 5.74) is 3.54. The highest BCUT2D eigenvalue weighted by Gasteiger charge is 2.16. The summed E-state index contributed by atoms with van der Waals surface area (Å²) in [7, 11) is 0. The minimum absolute atomic E-state index is 0.106. The number of benzene rings is 2. The van der Waals surface area contributed by atoms with Crippen molar-refractivity contribution < 1.29 is 0 Å². The lowest BCUT2D eigenvalue weighted by Gasteiger charge is -2.19. The molecule has 20 heavy (non-hydrogen) atoms. The molecule has 0 unspecified atom stereocenters. The summed E-state index contributed by atoms with van der Waals surface area (Å²) in [6.45, 7) is 2.03. The van der Waals surface area contributed by atoms with Crippen LogP contribution in [0.3, 0.4) is 0 Å². The zero-order valence-electron chi connectivity index (χ0n) is 11.3. The van der Waals surface area contributed by atoms with E-state index in [2.05, 4.69) is 64.3 Å². The number of aryl methyl sites for hydroxylation is 1. The standard InChI is InChI=1S/C17H16N2S/c1-13-12-19(17(20)18-13)16(14-8-4-2-5-9-14)15-10-6-3-7-11-15/h2-12,16H,1H3,(H,18,20). The number of rotatable bonds is 3. The molecule has 0 aliphatic carbocycles. The van der Waals surface area contributed by atoms with Crippen LogP contribution in [-0.4, -0.2) is 9.55 Å². The SMILES string of the molecule is Cc1cn(C(c2ccccc2)c2ccccc2)c(=S)[nH]1. The van der Waals surface area contributed by atoms with E-state index >= 15 is 0 Å². The van der Waals surface area contributed by atoms with Crippen molar-refractivity contribution >= 4 is 12.2 Å². The third kappa shape index (κ3) is 2.45. The van der Waals surface area contributed by atoms with Crippen molar-refractivity contribution in [2.24, 2.45) is 0 Å². The molecule has 0 radical (unpaired) electrons. The number of hydrogen-bond acceptors (Lipinski definition) is 1. The third-order valence-electron chi connectivity index (χ3n) is 3.38. The highest BCUT2D eigenvalue weighted by Crippen LogP contribution is 2.27. The smallest absolute Gasteiger partial charge is 0.178 e. The minimum Gasteiger partial charge on any atom is -0.335 e. The Morgan fingerprint density at radius 1 is 0.900 bits per heavy atom. The molecule has 1 N–H and O–H groups in total. The van der Waals surface area contributed by atoms with E-state index in [1.54, 1.807) is 0 Å². The van der Waals surface area contributed by atoms with Crippen molar-refractivity contribution in [3.05, 3.63) is 88.5 Å². The Morgan fingerprint density at radius 2 is 1.40 bits per heavy atom. The van der Waals surface area contributed by atoms with Crippen LogP contribution >= 0.6 is 12.2 Å². The van der Waals surface area contributed by atoms with Crippen LogP contribution in [0.15, 0.2) is 66.9 Å². The third-order valence-corrected chi connectivity index (χ3v) is 3.69. The summed E-state index contributed by atoms with van der Waals surface area (Å²) in [5.74, 6) is 0. The Kier molecular flexibility index (Phi) is 3.52. The van der Waals surface area contributed by atoms with Crippen LogP contribution in [0.4, 0.5) is 0 Å². The van der Waals surface area contributed by atoms with Gasteiger partial charge in [-0.15, -0.1) is 0 Å². The highest BCUT2D eigenvalue weighted by molar-refractivity contribution is 7.71. The molecule has 2 aromatic carbocycles. The first-order valence-electron chi connectivity index (χ1n) is 6.63. The Labute approximate surface area is 123 Å². The van der Waals surface area contributed by atoms with Gasteiger partial charge >= 0.3 is 0 Å². The first-order valence-corrected chi connectivity index (χ1v) is 7.04. The average molecular weight is 280 g/mol. The fourth-order valence-electron chi connectivity index (χ4n) is 2.51. The maximum absolute atomic E-state index is 5.46. The molecule has 1 heterocycles. The van der Waals surface area contributed by atoms with Gasteiger partial charge in [0.05, 0.1) is 6.04 Å². The molecule has 0 amide bonds. The highest BCUT2D eigenvalue weighted by atomic mass is 32.1. The summed E-state index contributed by atoms with van der Waals surface area (Å²) < 4.78 is 2.87. The van der Waals surface area contributed by atoms with Crippen LogP contribution in [0.2, 0.25) is 0 Å². The molecule has 100 valence electrons. The molecule has 3 aromatic rings. The van der Waals surface area contributed by atoms with Crippen molar-refractivity contribution in [1.82, 2.24) is 9.55 Å². The van der Waals surface area contributed by atoms with Crippen molar-refractivity contribution in [2.45, 2.75) is 13.0 Å². The number of nitrogens with one attached hydrogen (secondary N) is 1. The van der Waals surface area contributed by atoms with Gasteiger partial charge in [-0.05, 0) is 30.3 Å². The van der Waals surface area contributed by atoms with Crippen LogP contribution in [0, 0.1) is 11.7 Å². The van der Waals surface area contributed by atoms with E-state index in [1.165, 1.54) is 11.1 Å². The second-order valence-corrected chi connectivity index (χ2v) is 5.26. The minimum atomic E-state index is 0.106. The fraction of sp³-hybridized carbons (Fsp3) is 0.118. The maximum Gasteiger partial charge on any atom is 0.178 e. The first-order chi connectivity index (χ1) is 9.75. The average Bonchev–Trinajstić information content (AvgIpc) is 2.80. The number of H-pyrrole nitrogens is 1. The lowest BCUT2D eigenvalue weighted by Crippen LogP contribution is -2.11. The van der Waals surface area contributed by atoms with Gasteiger partial charge in [0.25, 0.3) is 0 Å². The first kappa shape index (κ1) is 12.9. The zero-order valence-corrected chi connectivity index (χ0v) is 12.1. The monoisotopic (exact) mass is 280 g/mol. The van der Waals surface area contributed by atoms with E-state index < -0.39 is 0 Å². The molecule has 0 saturated carbocycles. The van der Waals surface area contributed by atoms with Crippen molar-refractivity contribution in [1.29, 1.82) is 0 Å². The summed E-state index contributed by atoms with van der Waals surface area (Å²) in [6, 6.07) is 21.0. The molecule has 2 nitrogen and oxygen atoms in total.